The highest BCUT2D eigenvalue weighted by molar-refractivity contribution is 9.10. The van der Waals surface area contributed by atoms with Crippen molar-refractivity contribution in [3.8, 4) is 11.5 Å². The number of anilines is 1. The molecule has 2 amide bonds. The molecule has 1 aliphatic heterocycles. The first-order valence-corrected chi connectivity index (χ1v) is 10.00. The van der Waals surface area contributed by atoms with Crippen molar-refractivity contribution in [2.24, 2.45) is 0 Å². The Morgan fingerprint density at radius 3 is 2.71 bits per heavy atom. The van der Waals surface area contributed by atoms with E-state index in [9.17, 15) is 9.59 Å². The van der Waals surface area contributed by atoms with Crippen molar-refractivity contribution in [3.05, 3.63) is 51.0 Å². The van der Waals surface area contributed by atoms with Gasteiger partial charge in [-0.25, -0.2) is 0 Å². The number of aryl methyl sites for hydroxylation is 1. The summed E-state index contributed by atoms with van der Waals surface area (Å²) in [6.07, 6.45) is 0.856. The lowest BCUT2D eigenvalue weighted by Crippen LogP contribution is -2.33. The predicted octanol–water partition coefficient (Wildman–Crippen LogP) is 3.87. The molecule has 6 nitrogen and oxygen atoms in total. The summed E-state index contributed by atoms with van der Waals surface area (Å²) < 4.78 is 12.1. The summed E-state index contributed by atoms with van der Waals surface area (Å²) in [6, 6.07) is 8.98. The molecule has 0 aromatic heterocycles. The number of fused-ring (bicyclic) bond motifs is 1. The van der Waals surface area contributed by atoms with Gasteiger partial charge < -0.3 is 20.1 Å². The first-order chi connectivity index (χ1) is 13.4. The first-order valence-electron chi connectivity index (χ1n) is 8.83. The molecule has 2 aromatic carbocycles. The normalized spacial score (nSPS) is 12.8. The molecule has 1 heterocycles. The maximum atomic E-state index is 12.2. The molecule has 28 heavy (non-hydrogen) atoms. The number of carbonyl (C=O) groups is 2. The van der Waals surface area contributed by atoms with E-state index in [-0.39, 0.29) is 24.8 Å². The van der Waals surface area contributed by atoms with E-state index in [1.807, 2.05) is 19.1 Å². The molecule has 2 N–H and O–H groups in total. The van der Waals surface area contributed by atoms with Gasteiger partial charge in [0.05, 0.1) is 31.2 Å². The maximum Gasteiger partial charge on any atom is 0.243 e. The van der Waals surface area contributed by atoms with Gasteiger partial charge in [0.1, 0.15) is 0 Å². The quantitative estimate of drug-likeness (QED) is 0.700. The second kappa shape index (κ2) is 9.30. The van der Waals surface area contributed by atoms with Crippen molar-refractivity contribution < 1.29 is 19.1 Å². The Hall–Kier alpha value is -2.25. The second-order valence-electron chi connectivity index (χ2n) is 6.42. The van der Waals surface area contributed by atoms with Crippen LogP contribution in [0.1, 0.15) is 17.5 Å². The molecule has 148 valence electrons. The minimum atomic E-state index is -0.296. The second-order valence-corrected chi connectivity index (χ2v) is 7.74. The molecule has 0 saturated carbocycles. The van der Waals surface area contributed by atoms with Crippen LogP contribution in [0.2, 0.25) is 5.02 Å². The molecule has 0 bridgehead atoms. The fourth-order valence-electron chi connectivity index (χ4n) is 2.77. The fraction of sp³-hybridized carbons (Fsp3) is 0.300. The average Bonchev–Trinajstić information content (AvgIpc) is 2.88. The summed E-state index contributed by atoms with van der Waals surface area (Å²) in [6.45, 7) is 2.85. The molecule has 0 atom stereocenters. The van der Waals surface area contributed by atoms with Gasteiger partial charge in [0.15, 0.2) is 11.5 Å². The SMILES string of the molecule is Cc1cc(Br)ccc1NC(=O)CNC(=O)Cc1cc(Cl)c2c(c1)OCCCO2. The molecular formula is C20H20BrClN2O4. The first kappa shape index (κ1) is 20.5. The van der Waals surface area contributed by atoms with Gasteiger partial charge in [-0.05, 0) is 48.4 Å². The number of rotatable bonds is 5. The average molecular weight is 468 g/mol. The van der Waals surface area contributed by atoms with E-state index in [0.717, 1.165) is 16.5 Å². The molecule has 0 radical (unpaired) electrons. The van der Waals surface area contributed by atoms with Crippen LogP contribution < -0.4 is 20.1 Å². The summed E-state index contributed by atoms with van der Waals surface area (Å²) in [4.78, 5) is 24.3. The van der Waals surface area contributed by atoms with Crippen LogP contribution in [0.15, 0.2) is 34.8 Å². The van der Waals surface area contributed by atoms with E-state index in [0.29, 0.717) is 41.0 Å². The number of nitrogens with one attached hydrogen (secondary N) is 2. The number of hydrogen-bond donors (Lipinski definition) is 2. The number of hydrogen-bond acceptors (Lipinski definition) is 4. The summed E-state index contributed by atoms with van der Waals surface area (Å²) in [7, 11) is 0. The number of ether oxygens (including phenoxy) is 2. The lowest BCUT2D eigenvalue weighted by Gasteiger charge is -2.12. The zero-order valence-corrected chi connectivity index (χ0v) is 17.7. The maximum absolute atomic E-state index is 12.2. The van der Waals surface area contributed by atoms with Crippen LogP contribution >= 0.6 is 27.5 Å². The monoisotopic (exact) mass is 466 g/mol. The van der Waals surface area contributed by atoms with Crippen LogP contribution in [0, 0.1) is 6.92 Å². The Morgan fingerprint density at radius 1 is 1.14 bits per heavy atom. The highest BCUT2D eigenvalue weighted by Crippen LogP contribution is 2.38. The predicted molar refractivity (Wildman–Crippen MR) is 111 cm³/mol. The summed E-state index contributed by atoms with van der Waals surface area (Å²) in [5, 5.41) is 5.81. The van der Waals surface area contributed by atoms with Gasteiger partial charge in [-0.15, -0.1) is 0 Å². The van der Waals surface area contributed by atoms with E-state index in [4.69, 9.17) is 21.1 Å². The molecular weight excluding hydrogens is 448 g/mol. The highest BCUT2D eigenvalue weighted by atomic mass is 79.9. The van der Waals surface area contributed by atoms with Gasteiger partial charge in [-0.3, -0.25) is 9.59 Å². The van der Waals surface area contributed by atoms with Gasteiger partial charge >= 0.3 is 0 Å². The van der Waals surface area contributed by atoms with E-state index in [2.05, 4.69) is 26.6 Å². The van der Waals surface area contributed by atoms with Crippen LogP contribution in [0.5, 0.6) is 11.5 Å². The van der Waals surface area contributed by atoms with Gasteiger partial charge in [0.2, 0.25) is 11.8 Å². The number of amides is 2. The van der Waals surface area contributed by atoms with Crippen LogP contribution in [0.25, 0.3) is 0 Å². The van der Waals surface area contributed by atoms with Gasteiger partial charge in [-0.2, -0.15) is 0 Å². The van der Waals surface area contributed by atoms with E-state index in [1.54, 1.807) is 18.2 Å². The topological polar surface area (TPSA) is 76.7 Å². The minimum absolute atomic E-state index is 0.0843. The van der Waals surface area contributed by atoms with Crippen LogP contribution in [-0.2, 0) is 16.0 Å². The Morgan fingerprint density at radius 2 is 1.93 bits per heavy atom. The zero-order chi connectivity index (χ0) is 20.1. The van der Waals surface area contributed by atoms with Crippen LogP contribution in [0.4, 0.5) is 5.69 Å². The molecule has 8 heteroatoms. The molecule has 0 saturated heterocycles. The van der Waals surface area contributed by atoms with Crippen molar-refractivity contribution in [1.29, 1.82) is 0 Å². The number of halogens is 2. The van der Waals surface area contributed by atoms with E-state index >= 15 is 0 Å². The standard InChI is InChI=1S/C20H20BrClN2O4/c1-12-7-14(21)3-4-16(12)24-19(26)11-23-18(25)10-13-8-15(22)20-17(9-13)27-5-2-6-28-20/h3-4,7-9H,2,5-6,10-11H2,1H3,(H,23,25)(H,24,26). The molecule has 2 aromatic rings. The van der Waals surface area contributed by atoms with E-state index < -0.39 is 0 Å². The Bertz CT molecular complexity index is 904. The molecule has 0 unspecified atom stereocenters. The molecule has 0 aliphatic carbocycles. The minimum Gasteiger partial charge on any atom is -0.489 e. The summed E-state index contributed by atoms with van der Waals surface area (Å²) in [5.74, 6) is 0.465. The lowest BCUT2D eigenvalue weighted by atomic mass is 10.1. The smallest absolute Gasteiger partial charge is 0.243 e. The number of benzene rings is 2. The van der Waals surface area contributed by atoms with Crippen molar-refractivity contribution >= 4 is 45.0 Å². The van der Waals surface area contributed by atoms with Gasteiger partial charge in [0, 0.05) is 16.6 Å². The third kappa shape index (κ3) is 5.39. The summed E-state index contributed by atoms with van der Waals surface area (Å²) >= 11 is 9.62. The Labute approximate surface area is 176 Å². The lowest BCUT2D eigenvalue weighted by molar-refractivity contribution is -0.123. The van der Waals surface area contributed by atoms with Crippen molar-refractivity contribution in [3.63, 3.8) is 0 Å². The van der Waals surface area contributed by atoms with Gasteiger partial charge in [-0.1, -0.05) is 27.5 Å². The van der Waals surface area contributed by atoms with E-state index in [1.165, 1.54) is 0 Å². The van der Waals surface area contributed by atoms with Crippen LogP contribution in [0.3, 0.4) is 0 Å². The van der Waals surface area contributed by atoms with Crippen molar-refractivity contribution in [1.82, 2.24) is 5.32 Å². The molecule has 1 aliphatic rings. The van der Waals surface area contributed by atoms with Crippen molar-refractivity contribution in [2.45, 2.75) is 19.8 Å². The van der Waals surface area contributed by atoms with Gasteiger partial charge in [0.25, 0.3) is 0 Å². The zero-order valence-electron chi connectivity index (χ0n) is 15.3. The fourth-order valence-corrected chi connectivity index (χ4v) is 3.54. The Balaban J connectivity index is 1.55. The molecule has 3 rings (SSSR count). The molecule has 0 spiro atoms. The third-order valence-corrected chi connectivity index (χ3v) is 4.91. The molecule has 0 fully saturated rings. The van der Waals surface area contributed by atoms with Crippen molar-refractivity contribution in [2.75, 3.05) is 25.1 Å². The van der Waals surface area contributed by atoms with Crippen LogP contribution in [-0.4, -0.2) is 31.6 Å². The Kier molecular flexibility index (Phi) is 6.80. The third-order valence-electron chi connectivity index (χ3n) is 4.14. The largest absolute Gasteiger partial charge is 0.489 e. The highest BCUT2D eigenvalue weighted by Gasteiger charge is 2.17. The summed E-state index contributed by atoms with van der Waals surface area (Å²) in [5.41, 5.74) is 2.32. The number of carbonyl (C=O) groups excluding carboxylic acids is 2.